The molecule has 0 aromatic carbocycles. The van der Waals surface area contributed by atoms with Crippen LogP contribution in [0.2, 0.25) is 0 Å². The Morgan fingerprint density at radius 3 is 3.00 bits per heavy atom. The Bertz CT molecular complexity index is 547. The predicted octanol–water partition coefficient (Wildman–Crippen LogP) is 1.22. The molecule has 102 valence electrons. The molecule has 2 aromatic rings. The molecular weight excluding hydrogens is 242 g/mol. The van der Waals surface area contributed by atoms with E-state index in [1.165, 1.54) is 0 Å². The zero-order chi connectivity index (χ0) is 13.1. The van der Waals surface area contributed by atoms with Crippen LogP contribution in [-0.4, -0.2) is 54.2 Å². The third kappa shape index (κ3) is 2.57. The topological polar surface area (TPSA) is 39.0 Å². The molecule has 0 bridgehead atoms. The highest BCUT2D eigenvalue weighted by Crippen LogP contribution is 2.20. The van der Waals surface area contributed by atoms with Gasteiger partial charge in [0.25, 0.3) is 0 Å². The summed E-state index contributed by atoms with van der Waals surface area (Å²) >= 11 is 0. The van der Waals surface area contributed by atoms with Gasteiger partial charge < -0.3 is 13.9 Å². The third-order valence-electron chi connectivity index (χ3n) is 3.58. The van der Waals surface area contributed by atoms with Gasteiger partial charge in [0.1, 0.15) is 17.1 Å². The number of ether oxygens (including phenoxy) is 2. The number of rotatable bonds is 4. The van der Waals surface area contributed by atoms with Crippen molar-refractivity contribution < 1.29 is 9.47 Å². The van der Waals surface area contributed by atoms with Crippen molar-refractivity contribution in [3.05, 3.63) is 30.4 Å². The minimum absolute atomic E-state index is 0.843. The van der Waals surface area contributed by atoms with E-state index >= 15 is 0 Å². The monoisotopic (exact) mass is 261 g/mol. The number of aromatic nitrogens is 2. The maximum Gasteiger partial charge on any atom is 0.144 e. The van der Waals surface area contributed by atoms with E-state index in [1.807, 2.05) is 24.5 Å². The van der Waals surface area contributed by atoms with E-state index in [4.69, 9.17) is 9.47 Å². The molecule has 1 saturated heterocycles. The molecule has 3 rings (SSSR count). The molecular formula is C14H19N3O2. The van der Waals surface area contributed by atoms with Crippen molar-refractivity contribution >= 4 is 5.52 Å². The SMILES string of the molecule is COc1cccn2c(CCN3CCOCC3)ncc12. The molecule has 0 amide bonds. The fraction of sp³-hybridized carbons (Fsp3) is 0.500. The summed E-state index contributed by atoms with van der Waals surface area (Å²) in [6, 6.07) is 3.95. The van der Waals surface area contributed by atoms with E-state index in [1.54, 1.807) is 7.11 Å². The molecule has 0 atom stereocenters. The highest BCUT2D eigenvalue weighted by molar-refractivity contribution is 5.59. The first-order chi connectivity index (χ1) is 9.38. The van der Waals surface area contributed by atoms with Crippen LogP contribution in [0, 0.1) is 0 Å². The number of hydrogen-bond donors (Lipinski definition) is 0. The minimum Gasteiger partial charge on any atom is -0.494 e. The molecule has 0 radical (unpaired) electrons. The summed E-state index contributed by atoms with van der Waals surface area (Å²) in [5.74, 6) is 1.95. The van der Waals surface area contributed by atoms with Crippen molar-refractivity contribution in [1.82, 2.24) is 14.3 Å². The highest BCUT2D eigenvalue weighted by atomic mass is 16.5. The second-order valence-corrected chi connectivity index (χ2v) is 4.71. The largest absolute Gasteiger partial charge is 0.494 e. The lowest BCUT2D eigenvalue weighted by Crippen LogP contribution is -2.37. The molecule has 2 aromatic heterocycles. The van der Waals surface area contributed by atoms with Crippen LogP contribution in [0.1, 0.15) is 5.82 Å². The molecule has 1 aliphatic rings. The second-order valence-electron chi connectivity index (χ2n) is 4.71. The van der Waals surface area contributed by atoms with E-state index in [9.17, 15) is 0 Å². The number of nitrogens with zero attached hydrogens (tertiary/aromatic N) is 3. The Balaban J connectivity index is 1.74. The number of morpholine rings is 1. The van der Waals surface area contributed by atoms with Gasteiger partial charge in [0.05, 0.1) is 26.5 Å². The lowest BCUT2D eigenvalue weighted by atomic mass is 10.3. The Hall–Kier alpha value is -1.59. The average molecular weight is 261 g/mol. The summed E-state index contributed by atoms with van der Waals surface area (Å²) in [4.78, 5) is 6.93. The van der Waals surface area contributed by atoms with Gasteiger partial charge in [-0.1, -0.05) is 0 Å². The van der Waals surface area contributed by atoms with Crippen LogP contribution in [-0.2, 0) is 11.2 Å². The fourth-order valence-electron chi connectivity index (χ4n) is 2.49. The van der Waals surface area contributed by atoms with Gasteiger partial charge in [0.2, 0.25) is 0 Å². The Labute approximate surface area is 112 Å². The summed E-state index contributed by atoms with van der Waals surface area (Å²) in [6.45, 7) is 4.76. The minimum atomic E-state index is 0.843. The maximum atomic E-state index is 5.36. The maximum absolute atomic E-state index is 5.36. The zero-order valence-electron chi connectivity index (χ0n) is 11.2. The van der Waals surface area contributed by atoms with Gasteiger partial charge in [-0.05, 0) is 12.1 Å². The lowest BCUT2D eigenvalue weighted by molar-refractivity contribution is 0.0382. The Morgan fingerprint density at radius 1 is 1.37 bits per heavy atom. The molecule has 0 N–H and O–H groups in total. The summed E-state index contributed by atoms with van der Waals surface area (Å²) in [5.41, 5.74) is 1.03. The van der Waals surface area contributed by atoms with Crippen LogP contribution in [0.25, 0.3) is 5.52 Å². The molecule has 19 heavy (non-hydrogen) atoms. The van der Waals surface area contributed by atoms with E-state index in [-0.39, 0.29) is 0 Å². The van der Waals surface area contributed by atoms with Gasteiger partial charge in [0.15, 0.2) is 0 Å². The average Bonchev–Trinajstić information content (AvgIpc) is 2.89. The highest BCUT2D eigenvalue weighted by Gasteiger charge is 2.12. The quantitative estimate of drug-likeness (QED) is 0.829. The number of hydrogen-bond acceptors (Lipinski definition) is 4. The van der Waals surface area contributed by atoms with Crippen LogP contribution in [0.3, 0.4) is 0 Å². The van der Waals surface area contributed by atoms with Gasteiger partial charge in [-0.15, -0.1) is 0 Å². The van der Waals surface area contributed by atoms with Crippen LogP contribution in [0.4, 0.5) is 0 Å². The molecule has 0 unspecified atom stereocenters. The van der Waals surface area contributed by atoms with Crippen molar-refractivity contribution in [3.63, 3.8) is 0 Å². The van der Waals surface area contributed by atoms with Crippen LogP contribution < -0.4 is 4.74 Å². The van der Waals surface area contributed by atoms with E-state index in [0.29, 0.717) is 0 Å². The van der Waals surface area contributed by atoms with Crippen molar-refractivity contribution in [3.8, 4) is 5.75 Å². The van der Waals surface area contributed by atoms with Crippen LogP contribution in [0.5, 0.6) is 5.75 Å². The van der Waals surface area contributed by atoms with Gasteiger partial charge in [-0.2, -0.15) is 0 Å². The molecule has 0 saturated carbocycles. The first kappa shape index (κ1) is 12.4. The summed E-state index contributed by atoms with van der Waals surface area (Å²) in [5, 5.41) is 0. The predicted molar refractivity (Wildman–Crippen MR) is 72.7 cm³/mol. The standard InChI is InChI=1S/C14H19N3O2/c1-18-13-3-2-5-17-12(13)11-15-14(17)4-6-16-7-9-19-10-8-16/h2-3,5,11H,4,6-10H2,1H3. The van der Waals surface area contributed by atoms with Crippen molar-refractivity contribution in [2.75, 3.05) is 40.0 Å². The number of pyridine rings is 1. The lowest BCUT2D eigenvalue weighted by Gasteiger charge is -2.26. The first-order valence-electron chi connectivity index (χ1n) is 6.67. The van der Waals surface area contributed by atoms with Gasteiger partial charge in [0, 0.05) is 32.3 Å². The Morgan fingerprint density at radius 2 is 2.21 bits per heavy atom. The van der Waals surface area contributed by atoms with E-state index in [2.05, 4.69) is 14.3 Å². The molecule has 5 heteroatoms. The van der Waals surface area contributed by atoms with Crippen molar-refractivity contribution in [2.24, 2.45) is 0 Å². The number of methoxy groups -OCH3 is 1. The van der Waals surface area contributed by atoms with Gasteiger partial charge >= 0.3 is 0 Å². The zero-order valence-corrected chi connectivity index (χ0v) is 11.2. The summed E-state index contributed by atoms with van der Waals surface area (Å²) in [6.07, 6.45) is 4.87. The van der Waals surface area contributed by atoms with Crippen molar-refractivity contribution in [1.29, 1.82) is 0 Å². The van der Waals surface area contributed by atoms with Gasteiger partial charge in [-0.25, -0.2) is 4.98 Å². The van der Waals surface area contributed by atoms with Gasteiger partial charge in [-0.3, -0.25) is 4.90 Å². The molecule has 3 heterocycles. The molecule has 0 spiro atoms. The molecule has 0 aliphatic carbocycles. The van der Waals surface area contributed by atoms with Crippen molar-refractivity contribution in [2.45, 2.75) is 6.42 Å². The second kappa shape index (κ2) is 5.59. The van der Waals surface area contributed by atoms with Crippen LogP contribution >= 0.6 is 0 Å². The fourth-order valence-corrected chi connectivity index (χ4v) is 2.49. The number of imidazole rings is 1. The van der Waals surface area contributed by atoms with Crippen LogP contribution in [0.15, 0.2) is 24.5 Å². The smallest absolute Gasteiger partial charge is 0.144 e. The van der Waals surface area contributed by atoms with E-state index < -0.39 is 0 Å². The summed E-state index contributed by atoms with van der Waals surface area (Å²) in [7, 11) is 1.69. The normalized spacial score (nSPS) is 16.9. The molecule has 1 aliphatic heterocycles. The third-order valence-corrected chi connectivity index (χ3v) is 3.58. The van der Waals surface area contributed by atoms with E-state index in [0.717, 1.165) is 56.4 Å². The summed E-state index contributed by atoms with van der Waals surface area (Å²) < 4.78 is 12.8. The Kier molecular flexibility index (Phi) is 3.66. The number of fused-ring (bicyclic) bond motifs is 1. The first-order valence-corrected chi connectivity index (χ1v) is 6.67. The molecule has 5 nitrogen and oxygen atoms in total. The molecule has 1 fully saturated rings.